The lowest BCUT2D eigenvalue weighted by Gasteiger charge is -2.23. The molecule has 0 aliphatic carbocycles. The molecule has 0 spiro atoms. The lowest BCUT2D eigenvalue weighted by molar-refractivity contribution is -0.121. The van der Waals surface area contributed by atoms with Crippen LogP contribution < -0.4 is 10.1 Å². The molecule has 0 aliphatic rings. The second-order valence-corrected chi connectivity index (χ2v) is 8.45. The van der Waals surface area contributed by atoms with E-state index in [0.717, 1.165) is 22.8 Å². The van der Waals surface area contributed by atoms with Crippen LogP contribution in [0.2, 0.25) is 0 Å². The lowest BCUT2D eigenvalue weighted by atomic mass is 10.2. The van der Waals surface area contributed by atoms with Crippen molar-refractivity contribution in [2.45, 2.75) is 24.3 Å². The van der Waals surface area contributed by atoms with Crippen LogP contribution >= 0.6 is 23.5 Å². The third-order valence-corrected chi connectivity index (χ3v) is 5.67. The number of amidine groups is 1. The summed E-state index contributed by atoms with van der Waals surface area (Å²) in [5, 5.41) is 3.54. The number of hydrogen-bond donors (Lipinski definition) is 1. The van der Waals surface area contributed by atoms with Gasteiger partial charge in [0.05, 0.1) is 17.5 Å². The molecule has 26 heavy (non-hydrogen) atoms. The van der Waals surface area contributed by atoms with Crippen molar-refractivity contribution >= 4 is 40.3 Å². The van der Waals surface area contributed by atoms with Crippen LogP contribution in [0.4, 0.5) is 5.69 Å². The molecule has 0 aromatic heterocycles. The summed E-state index contributed by atoms with van der Waals surface area (Å²) >= 11 is 3.02. The van der Waals surface area contributed by atoms with Gasteiger partial charge < -0.3 is 10.1 Å². The zero-order valence-corrected chi connectivity index (χ0v) is 17.1. The normalized spacial score (nSPS) is 11.9. The summed E-state index contributed by atoms with van der Waals surface area (Å²) in [5.41, 5.74) is 1.97. The van der Waals surface area contributed by atoms with E-state index in [0.29, 0.717) is 5.17 Å². The fourth-order valence-corrected chi connectivity index (χ4v) is 3.34. The van der Waals surface area contributed by atoms with Crippen LogP contribution in [0.3, 0.4) is 0 Å². The van der Waals surface area contributed by atoms with Crippen LogP contribution in [0.5, 0.6) is 5.75 Å². The Morgan fingerprint density at radius 2 is 1.77 bits per heavy atom. The number of nitrogens with zero attached hydrogens (tertiary/aromatic N) is 1. The first-order valence-corrected chi connectivity index (χ1v) is 10.4. The van der Waals surface area contributed by atoms with E-state index in [9.17, 15) is 4.79 Å². The first kappa shape index (κ1) is 20.4. The van der Waals surface area contributed by atoms with Gasteiger partial charge in [-0.2, -0.15) is 0 Å². The second kappa shape index (κ2) is 9.69. The molecule has 6 heteroatoms. The average molecular weight is 389 g/mol. The monoisotopic (exact) mass is 388 g/mol. The number of nitrogens with one attached hydrogen (secondary N) is 1. The van der Waals surface area contributed by atoms with Gasteiger partial charge in [-0.05, 0) is 49.9 Å². The van der Waals surface area contributed by atoms with Crippen molar-refractivity contribution in [3.63, 3.8) is 0 Å². The maximum absolute atomic E-state index is 12.7. The molecule has 1 N–H and O–H groups in total. The third-order valence-electron chi connectivity index (χ3n) is 3.71. The van der Waals surface area contributed by atoms with Crippen molar-refractivity contribution < 1.29 is 9.53 Å². The van der Waals surface area contributed by atoms with E-state index in [-0.39, 0.29) is 5.91 Å². The molecule has 2 aromatic carbocycles. The Kier molecular flexibility index (Phi) is 7.60. The molecule has 0 saturated carbocycles. The summed E-state index contributed by atoms with van der Waals surface area (Å²) in [5.74, 6) is 1.52. The highest BCUT2D eigenvalue weighted by atomic mass is 32.2. The second-order valence-electron chi connectivity index (χ2n) is 6.06. The van der Waals surface area contributed by atoms with Gasteiger partial charge in [-0.3, -0.25) is 4.79 Å². The fourth-order valence-electron chi connectivity index (χ4n) is 2.04. The van der Waals surface area contributed by atoms with Crippen LogP contribution in [0.15, 0.2) is 59.6 Å². The van der Waals surface area contributed by atoms with Gasteiger partial charge >= 0.3 is 0 Å². The van der Waals surface area contributed by atoms with Crippen molar-refractivity contribution in [1.82, 2.24) is 5.32 Å². The Morgan fingerprint density at radius 3 is 2.35 bits per heavy atom. The van der Waals surface area contributed by atoms with E-state index in [1.54, 1.807) is 18.9 Å². The van der Waals surface area contributed by atoms with E-state index in [1.807, 2.05) is 74.7 Å². The highest BCUT2D eigenvalue weighted by molar-refractivity contribution is 8.13. The molecule has 4 nitrogen and oxygen atoms in total. The fraction of sp³-hybridized carbons (Fsp3) is 0.300. The number of para-hydroxylation sites is 1. The Hall–Kier alpha value is -1.92. The predicted molar refractivity (Wildman–Crippen MR) is 114 cm³/mol. The molecule has 0 saturated heterocycles. The largest absolute Gasteiger partial charge is 0.497 e. The molecule has 1 amide bonds. The number of carbonyl (C=O) groups is 1. The highest BCUT2D eigenvalue weighted by Crippen LogP contribution is 2.29. The average Bonchev–Trinajstić information content (AvgIpc) is 2.67. The number of hydrogen-bond acceptors (Lipinski definition) is 5. The minimum atomic E-state index is -0.576. The van der Waals surface area contributed by atoms with Crippen LogP contribution in [0.1, 0.15) is 19.4 Å². The van der Waals surface area contributed by atoms with Gasteiger partial charge in [0.2, 0.25) is 5.91 Å². The number of ether oxygens (including phenoxy) is 1. The van der Waals surface area contributed by atoms with E-state index in [2.05, 4.69) is 10.3 Å². The van der Waals surface area contributed by atoms with E-state index >= 15 is 0 Å². The molecule has 138 valence electrons. The minimum absolute atomic E-state index is 0.0555. The van der Waals surface area contributed by atoms with Gasteiger partial charge in [-0.15, -0.1) is 11.8 Å². The van der Waals surface area contributed by atoms with Gasteiger partial charge in [-0.25, -0.2) is 4.99 Å². The summed E-state index contributed by atoms with van der Waals surface area (Å²) in [6.07, 6.45) is 1.90. The quantitative estimate of drug-likeness (QED) is 0.566. The maximum atomic E-state index is 12.7. The number of rotatable bonds is 6. The van der Waals surface area contributed by atoms with Gasteiger partial charge in [-0.1, -0.05) is 42.1 Å². The smallest absolute Gasteiger partial charge is 0.241 e. The SMILES string of the molecule is COc1ccc(CSC(C)(C)C(=O)NC(=Nc2ccccc2)SC)cc1. The van der Waals surface area contributed by atoms with Crippen LogP contribution in [-0.4, -0.2) is 29.2 Å². The van der Waals surface area contributed by atoms with E-state index in [1.165, 1.54) is 11.8 Å². The van der Waals surface area contributed by atoms with Gasteiger partial charge in [0.1, 0.15) is 5.75 Å². The first-order valence-electron chi connectivity index (χ1n) is 8.20. The molecular formula is C20H24N2O2S2. The van der Waals surface area contributed by atoms with Crippen molar-refractivity contribution in [1.29, 1.82) is 0 Å². The van der Waals surface area contributed by atoms with Gasteiger partial charge in [0, 0.05) is 5.75 Å². The van der Waals surface area contributed by atoms with Crippen LogP contribution in [-0.2, 0) is 10.5 Å². The molecule has 2 rings (SSSR count). The molecule has 0 unspecified atom stereocenters. The Bertz CT molecular complexity index is 744. The zero-order valence-electron chi connectivity index (χ0n) is 15.5. The van der Waals surface area contributed by atoms with E-state index in [4.69, 9.17) is 4.74 Å². The number of methoxy groups -OCH3 is 1. The Labute approximate surface area is 163 Å². The summed E-state index contributed by atoms with van der Waals surface area (Å²) in [6.45, 7) is 3.86. The third kappa shape index (κ3) is 6.11. The first-order chi connectivity index (χ1) is 12.4. The molecule has 0 bridgehead atoms. The van der Waals surface area contributed by atoms with Crippen molar-refractivity contribution in [2.24, 2.45) is 4.99 Å². The van der Waals surface area contributed by atoms with Gasteiger partial charge in [0.25, 0.3) is 0 Å². The standard InChI is InChI=1S/C20H24N2O2S2/c1-20(2,26-14-15-10-12-17(24-3)13-11-15)18(23)22-19(25-4)21-16-8-6-5-7-9-16/h5-13H,14H2,1-4H3,(H,21,22,23). The molecule has 2 aromatic rings. The van der Waals surface area contributed by atoms with Crippen molar-refractivity contribution in [3.05, 3.63) is 60.2 Å². The van der Waals surface area contributed by atoms with Crippen molar-refractivity contribution in [3.8, 4) is 5.75 Å². The lowest BCUT2D eigenvalue weighted by Crippen LogP contribution is -2.42. The number of amides is 1. The molecule has 0 atom stereocenters. The number of carbonyl (C=O) groups excluding carboxylic acids is 1. The number of aliphatic imine (C=N–C) groups is 1. The summed E-state index contributed by atoms with van der Waals surface area (Å²) in [4.78, 5) is 17.2. The molecule has 0 radical (unpaired) electrons. The van der Waals surface area contributed by atoms with Crippen LogP contribution in [0.25, 0.3) is 0 Å². The summed E-state index contributed by atoms with van der Waals surface area (Å²) in [7, 11) is 1.65. The summed E-state index contributed by atoms with van der Waals surface area (Å²) < 4.78 is 4.60. The topological polar surface area (TPSA) is 50.7 Å². The predicted octanol–water partition coefficient (Wildman–Crippen LogP) is 4.87. The van der Waals surface area contributed by atoms with Crippen LogP contribution in [0, 0.1) is 0 Å². The van der Waals surface area contributed by atoms with E-state index < -0.39 is 4.75 Å². The summed E-state index contributed by atoms with van der Waals surface area (Å²) in [6, 6.07) is 17.5. The zero-order chi connectivity index (χ0) is 19.0. The molecular weight excluding hydrogens is 364 g/mol. The minimum Gasteiger partial charge on any atom is -0.497 e. The Balaban J connectivity index is 1.98. The van der Waals surface area contributed by atoms with Gasteiger partial charge in [0.15, 0.2) is 5.17 Å². The molecule has 0 fully saturated rings. The molecule has 0 aliphatic heterocycles. The van der Waals surface area contributed by atoms with Crippen molar-refractivity contribution in [2.75, 3.05) is 13.4 Å². The number of benzene rings is 2. The number of thioether (sulfide) groups is 2. The molecule has 0 heterocycles. The highest BCUT2D eigenvalue weighted by Gasteiger charge is 2.29. The maximum Gasteiger partial charge on any atom is 0.241 e. The Morgan fingerprint density at radius 1 is 1.12 bits per heavy atom.